The Morgan fingerprint density at radius 3 is 2.50 bits per heavy atom. The molecule has 0 bridgehead atoms. The van der Waals surface area contributed by atoms with E-state index in [0.717, 1.165) is 11.1 Å². The van der Waals surface area contributed by atoms with Crippen molar-refractivity contribution in [2.24, 2.45) is 5.16 Å². The summed E-state index contributed by atoms with van der Waals surface area (Å²) < 4.78 is 25.5. The van der Waals surface area contributed by atoms with E-state index in [1.165, 1.54) is 6.07 Å². The summed E-state index contributed by atoms with van der Waals surface area (Å²) in [5.41, 5.74) is 2.49. The number of alkyl halides is 2. The van der Waals surface area contributed by atoms with Gasteiger partial charge in [-0.1, -0.05) is 59.3 Å². The summed E-state index contributed by atoms with van der Waals surface area (Å²) in [7, 11) is 0. The summed E-state index contributed by atoms with van der Waals surface area (Å²) in [5, 5.41) is 3.80. The number of hydrogen-bond acceptors (Lipinski definition) is 2. The summed E-state index contributed by atoms with van der Waals surface area (Å²) in [6.45, 7) is 2.03. The third-order valence-corrected chi connectivity index (χ3v) is 2.86. The Morgan fingerprint density at radius 2 is 1.80 bits per heavy atom. The maximum Gasteiger partial charge on any atom is 0.264 e. The number of benzene rings is 2. The van der Waals surface area contributed by atoms with E-state index in [4.69, 9.17) is 4.84 Å². The molecular weight excluding hydrogens is 260 g/mol. The van der Waals surface area contributed by atoms with Crippen LogP contribution in [0.1, 0.15) is 28.7 Å². The van der Waals surface area contributed by atoms with Gasteiger partial charge in [-0.25, -0.2) is 8.78 Å². The van der Waals surface area contributed by atoms with Crippen LogP contribution in [0, 0.1) is 6.92 Å². The van der Waals surface area contributed by atoms with Crippen LogP contribution in [-0.2, 0) is 11.4 Å². The topological polar surface area (TPSA) is 21.6 Å². The molecule has 104 valence electrons. The average Bonchev–Trinajstić information content (AvgIpc) is 2.46. The zero-order valence-electron chi connectivity index (χ0n) is 11.1. The Balaban J connectivity index is 1.94. The lowest BCUT2D eigenvalue weighted by atomic mass is 10.1. The fourth-order valence-electron chi connectivity index (χ4n) is 1.74. The highest BCUT2D eigenvalue weighted by atomic mass is 19.3. The molecule has 0 spiro atoms. The Labute approximate surface area is 116 Å². The van der Waals surface area contributed by atoms with Gasteiger partial charge in [0.15, 0.2) is 0 Å². The predicted octanol–water partition coefficient (Wildman–Crippen LogP) is 4.48. The molecule has 0 heterocycles. The highest BCUT2D eigenvalue weighted by Gasteiger charge is 2.11. The minimum atomic E-state index is -2.50. The van der Waals surface area contributed by atoms with E-state index >= 15 is 0 Å². The number of nitrogens with zero attached hydrogens (tertiary/aromatic N) is 1. The molecule has 0 unspecified atom stereocenters. The highest BCUT2D eigenvalue weighted by molar-refractivity contribution is 5.79. The molecule has 0 fully saturated rings. The van der Waals surface area contributed by atoms with Gasteiger partial charge in [0.25, 0.3) is 6.43 Å². The molecule has 0 saturated carbocycles. The zero-order chi connectivity index (χ0) is 14.4. The Bertz CT molecular complexity index is 579. The third-order valence-electron chi connectivity index (χ3n) is 2.86. The first-order valence-corrected chi connectivity index (χ1v) is 6.25. The van der Waals surface area contributed by atoms with Gasteiger partial charge in [-0.2, -0.15) is 0 Å². The van der Waals surface area contributed by atoms with Crippen molar-refractivity contribution < 1.29 is 13.6 Å². The molecule has 0 atom stereocenters. The number of aryl methyl sites for hydroxylation is 1. The lowest BCUT2D eigenvalue weighted by Crippen LogP contribution is -1.95. The minimum absolute atomic E-state index is 0.0157. The van der Waals surface area contributed by atoms with Gasteiger partial charge < -0.3 is 4.84 Å². The maximum absolute atomic E-state index is 12.7. The summed E-state index contributed by atoms with van der Waals surface area (Å²) in [6, 6.07) is 14.1. The molecule has 2 aromatic carbocycles. The van der Waals surface area contributed by atoms with Crippen molar-refractivity contribution in [2.45, 2.75) is 20.0 Å². The third kappa shape index (κ3) is 3.88. The van der Waals surface area contributed by atoms with E-state index in [1.807, 2.05) is 31.2 Å². The lowest BCUT2D eigenvalue weighted by Gasteiger charge is -2.06. The van der Waals surface area contributed by atoms with Crippen LogP contribution in [0.2, 0.25) is 0 Å². The van der Waals surface area contributed by atoms with Gasteiger partial charge in [-0.3, -0.25) is 0 Å². The van der Waals surface area contributed by atoms with Crippen LogP contribution in [0.5, 0.6) is 0 Å². The van der Waals surface area contributed by atoms with Crippen LogP contribution >= 0.6 is 0 Å². The van der Waals surface area contributed by atoms with Gasteiger partial charge in [0.1, 0.15) is 6.61 Å². The molecule has 0 N–H and O–H groups in total. The second-order valence-electron chi connectivity index (χ2n) is 4.42. The quantitative estimate of drug-likeness (QED) is 0.582. The van der Waals surface area contributed by atoms with E-state index in [1.54, 1.807) is 24.4 Å². The normalized spacial score (nSPS) is 11.2. The van der Waals surface area contributed by atoms with Gasteiger partial charge in [0.05, 0.1) is 6.21 Å². The number of halogens is 2. The fraction of sp³-hybridized carbons (Fsp3) is 0.188. The van der Waals surface area contributed by atoms with Gasteiger partial charge in [-0.05, 0) is 12.5 Å². The van der Waals surface area contributed by atoms with Crippen molar-refractivity contribution in [3.05, 3.63) is 70.8 Å². The first-order valence-electron chi connectivity index (χ1n) is 6.25. The first-order chi connectivity index (χ1) is 9.66. The van der Waals surface area contributed by atoms with Crippen LogP contribution in [0.4, 0.5) is 8.78 Å². The Morgan fingerprint density at radius 1 is 1.10 bits per heavy atom. The molecule has 0 saturated heterocycles. The van der Waals surface area contributed by atoms with E-state index in [-0.39, 0.29) is 12.2 Å². The molecule has 20 heavy (non-hydrogen) atoms. The summed E-state index contributed by atoms with van der Waals surface area (Å²) in [5.74, 6) is 0. The first kappa shape index (κ1) is 14.2. The van der Waals surface area contributed by atoms with Crippen molar-refractivity contribution in [1.29, 1.82) is 0 Å². The summed E-state index contributed by atoms with van der Waals surface area (Å²) >= 11 is 0. The highest BCUT2D eigenvalue weighted by Crippen LogP contribution is 2.23. The average molecular weight is 275 g/mol. The van der Waals surface area contributed by atoms with E-state index in [2.05, 4.69) is 5.16 Å². The Hall–Kier alpha value is -2.23. The molecule has 0 aliphatic heterocycles. The molecule has 2 aromatic rings. The number of rotatable bonds is 5. The van der Waals surface area contributed by atoms with Gasteiger partial charge >= 0.3 is 0 Å². The largest absolute Gasteiger partial charge is 0.391 e. The minimum Gasteiger partial charge on any atom is -0.391 e. The maximum atomic E-state index is 12.7. The molecule has 0 aromatic heterocycles. The lowest BCUT2D eigenvalue weighted by molar-refractivity contribution is 0.120. The van der Waals surface area contributed by atoms with E-state index in [0.29, 0.717) is 5.56 Å². The molecule has 0 radical (unpaired) electrons. The number of oxime groups is 1. The zero-order valence-corrected chi connectivity index (χ0v) is 11.1. The molecule has 2 rings (SSSR count). The molecule has 4 heteroatoms. The molecule has 0 aliphatic rings. The van der Waals surface area contributed by atoms with Crippen LogP contribution in [0.25, 0.3) is 0 Å². The molecule has 0 amide bonds. The monoisotopic (exact) mass is 275 g/mol. The second kappa shape index (κ2) is 6.80. The van der Waals surface area contributed by atoms with Crippen LogP contribution in [-0.4, -0.2) is 6.21 Å². The molecule has 2 nitrogen and oxygen atoms in total. The smallest absolute Gasteiger partial charge is 0.264 e. The van der Waals surface area contributed by atoms with Crippen LogP contribution in [0.15, 0.2) is 53.7 Å². The van der Waals surface area contributed by atoms with Crippen molar-refractivity contribution >= 4 is 6.21 Å². The van der Waals surface area contributed by atoms with Crippen molar-refractivity contribution in [1.82, 2.24) is 0 Å². The summed E-state index contributed by atoms with van der Waals surface area (Å²) in [6.07, 6.45) is -0.944. The van der Waals surface area contributed by atoms with Gasteiger partial charge in [0.2, 0.25) is 0 Å². The molecular formula is C16H15F2NO. The van der Waals surface area contributed by atoms with Crippen LogP contribution in [0.3, 0.4) is 0 Å². The standard InChI is InChI=1S/C16H15F2NO/c1-12-6-8-13(9-7-12)10-19-20-11-14-4-2-3-5-15(14)16(17)18/h2-10,16H,11H2,1H3. The molecule has 0 aliphatic carbocycles. The van der Waals surface area contributed by atoms with Crippen molar-refractivity contribution in [3.63, 3.8) is 0 Å². The van der Waals surface area contributed by atoms with Crippen molar-refractivity contribution in [2.75, 3.05) is 0 Å². The SMILES string of the molecule is Cc1ccc(C=NOCc2ccccc2C(F)F)cc1. The van der Waals surface area contributed by atoms with Gasteiger partial charge in [0, 0.05) is 11.1 Å². The van der Waals surface area contributed by atoms with Crippen molar-refractivity contribution in [3.8, 4) is 0 Å². The number of hydrogen-bond donors (Lipinski definition) is 0. The van der Waals surface area contributed by atoms with Gasteiger partial charge in [-0.15, -0.1) is 0 Å². The van der Waals surface area contributed by atoms with E-state index in [9.17, 15) is 8.78 Å². The van der Waals surface area contributed by atoms with E-state index < -0.39 is 6.43 Å². The Kier molecular flexibility index (Phi) is 4.82. The predicted molar refractivity (Wildman–Crippen MR) is 75.0 cm³/mol. The fourth-order valence-corrected chi connectivity index (χ4v) is 1.74. The summed E-state index contributed by atoms with van der Waals surface area (Å²) in [4.78, 5) is 5.08. The second-order valence-corrected chi connectivity index (χ2v) is 4.42. The van der Waals surface area contributed by atoms with Crippen LogP contribution < -0.4 is 0 Å².